The molecule has 0 spiro atoms. The van der Waals surface area contributed by atoms with E-state index >= 15 is 0 Å². The fourth-order valence-electron chi connectivity index (χ4n) is 1.90. The fourth-order valence-corrected chi connectivity index (χ4v) is 2.59. The standard InChI is InChI=1S/C14H23NO2S/c1-6-18(16,17)15-14-12(10(2)3)8-7-9-13(14)11(4)5/h7-11,15H,6H2,1-5H3. The zero-order valence-electron chi connectivity index (χ0n) is 11.8. The zero-order chi connectivity index (χ0) is 13.9. The lowest BCUT2D eigenvalue weighted by molar-refractivity contribution is 0.602. The Balaban J connectivity index is 3.36. The summed E-state index contributed by atoms with van der Waals surface area (Å²) in [5.74, 6) is 0.674. The molecule has 18 heavy (non-hydrogen) atoms. The van der Waals surface area contributed by atoms with Gasteiger partial charge in [-0.3, -0.25) is 4.72 Å². The van der Waals surface area contributed by atoms with Gasteiger partial charge in [0.05, 0.1) is 11.4 Å². The number of para-hydroxylation sites is 1. The summed E-state index contributed by atoms with van der Waals surface area (Å²) in [4.78, 5) is 0. The van der Waals surface area contributed by atoms with Gasteiger partial charge >= 0.3 is 0 Å². The molecule has 0 aliphatic carbocycles. The first-order chi connectivity index (χ1) is 8.28. The number of anilines is 1. The Morgan fingerprint density at radius 3 is 1.83 bits per heavy atom. The third kappa shape index (κ3) is 3.48. The second-order valence-corrected chi connectivity index (χ2v) is 7.14. The molecule has 0 aromatic heterocycles. The van der Waals surface area contributed by atoms with Gasteiger partial charge in [0.1, 0.15) is 0 Å². The van der Waals surface area contributed by atoms with Crippen molar-refractivity contribution in [2.75, 3.05) is 10.5 Å². The number of sulfonamides is 1. The highest BCUT2D eigenvalue weighted by Crippen LogP contribution is 2.32. The van der Waals surface area contributed by atoms with E-state index in [-0.39, 0.29) is 5.75 Å². The highest BCUT2D eigenvalue weighted by atomic mass is 32.2. The molecule has 0 aliphatic heterocycles. The Kier molecular flexibility index (Phi) is 4.79. The van der Waals surface area contributed by atoms with Crippen molar-refractivity contribution in [3.63, 3.8) is 0 Å². The van der Waals surface area contributed by atoms with Gasteiger partial charge in [0, 0.05) is 0 Å². The minimum absolute atomic E-state index is 0.0942. The second-order valence-electron chi connectivity index (χ2n) is 5.13. The summed E-state index contributed by atoms with van der Waals surface area (Å²) in [5.41, 5.74) is 2.88. The maximum atomic E-state index is 11.8. The van der Waals surface area contributed by atoms with E-state index in [4.69, 9.17) is 0 Å². The highest BCUT2D eigenvalue weighted by molar-refractivity contribution is 7.92. The summed E-state index contributed by atoms with van der Waals surface area (Å²) in [6, 6.07) is 5.97. The molecule has 0 bridgehead atoms. The first-order valence-electron chi connectivity index (χ1n) is 6.41. The minimum atomic E-state index is -3.23. The van der Waals surface area contributed by atoms with Crippen molar-refractivity contribution in [3.8, 4) is 0 Å². The van der Waals surface area contributed by atoms with Gasteiger partial charge in [0.15, 0.2) is 0 Å². The molecule has 0 fully saturated rings. The number of hydrogen-bond donors (Lipinski definition) is 1. The van der Waals surface area contributed by atoms with Gasteiger partial charge in [-0.05, 0) is 29.9 Å². The van der Waals surface area contributed by atoms with E-state index in [0.29, 0.717) is 11.8 Å². The largest absolute Gasteiger partial charge is 0.283 e. The zero-order valence-corrected chi connectivity index (χ0v) is 12.6. The summed E-state index contributed by atoms with van der Waals surface area (Å²) in [6.07, 6.45) is 0. The van der Waals surface area contributed by atoms with Crippen molar-refractivity contribution in [3.05, 3.63) is 29.3 Å². The van der Waals surface area contributed by atoms with E-state index in [0.717, 1.165) is 16.8 Å². The molecular weight excluding hydrogens is 246 g/mol. The van der Waals surface area contributed by atoms with Gasteiger partial charge in [0.25, 0.3) is 0 Å². The Morgan fingerprint density at radius 1 is 1.06 bits per heavy atom. The van der Waals surface area contributed by atoms with Crippen LogP contribution in [-0.2, 0) is 10.0 Å². The third-order valence-corrected chi connectivity index (χ3v) is 4.29. The van der Waals surface area contributed by atoms with E-state index in [1.54, 1.807) is 6.92 Å². The SMILES string of the molecule is CCS(=O)(=O)Nc1c(C(C)C)cccc1C(C)C. The Morgan fingerprint density at radius 2 is 1.50 bits per heavy atom. The topological polar surface area (TPSA) is 46.2 Å². The maximum Gasteiger partial charge on any atom is 0.232 e. The molecule has 1 N–H and O–H groups in total. The van der Waals surface area contributed by atoms with Crippen LogP contribution in [0.5, 0.6) is 0 Å². The minimum Gasteiger partial charge on any atom is -0.283 e. The molecule has 4 heteroatoms. The molecule has 0 radical (unpaired) electrons. The lowest BCUT2D eigenvalue weighted by atomic mass is 9.93. The lowest BCUT2D eigenvalue weighted by Gasteiger charge is -2.20. The third-order valence-electron chi connectivity index (χ3n) is 3.01. The molecule has 0 saturated carbocycles. The number of rotatable bonds is 5. The van der Waals surface area contributed by atoms with Crippen LogP contribution in [0.1, 0.15) is 57.6 Å². The smallest absolute Gasteiger partial charge is 0.232 e. The first-order valence-corrected chi connectivity index (χ1v) is 8.07. The molecule has 0 unspecified atom stereocenters. The molecule has 0 heterocycles. The average molecular weight is 269 g/mol. The van der Waals surface area contributed by atoms with Gasteiger partial charge in [-0.25, -0.2) is 8.42 Å². The maximum absolute atomic E-state index is 11.8. The van der Waals surface area contributed by atoms with Crippen molar-refractivity contribution < 1.29 is 8.42 Å². The van der Waals surface area contributed by atoms with Crippen LogP contribution in [0.4, 0.5) is 5.69 Å². The highest BCUT2D eigenvalue weighted by Gasteiger charge is 2.17. The molecule has 0 amide bonds. The van der Waals surface area contributed by atoms with Crippen molar-refractivity contribution in [2.45, 2.75) is 46.5 Å². The monoisotopic (exact) mass is 269 g/mol. The van der Waals surface area contributed by atoms with Crippen LogP contribution >= 0.6 is 0 Å². The molecule has 1 rings (SSSR count). The lowest BCUT2D eigenvalue weighted by Crippen LogP contribution is -2.18. The average Bonchev–Trinajstić information content (AvgIpc) is 2.28. The van der Waals surface area contributed by atoms with E-state index in [2.05, 4.69) is 32.4 Å². The molecule has 1 aromatic carbocycles. The summed E-state index contributed by atoms with van der Waals surface area (Å²) in [5, 5.41) is 0. The van der Waals surface area contributed by atoms with E-state index in [1.165, 1.54) is 0 Å². The molecule has 1 aromatic rings. The van der Waals surface area contributed by atoms with Crippen molar-refractivity contribution >= 4 is 15.7 Å². The molecule has 3 nitrogen and oxygen atoms in total. The van der Waals surface area contributed by atoms with Crippen LogP contribution in [0.3, 0.4) is 0 Å². The first kappa shape index (κ1) is 15.0. The number of nitrogens with one attached hydrogen (secondary N) is 1. The van der Waals surface area contributed by atoms with Crippen LogP contribution < -0.4 is 4.72 Å². The summed E-state index contributed by atoms with van der Waals surface area (Å²) < 4.78 is 26.4. The summed E-state index contributed by atoms with van der Waals surface area (Å²) in [6.45, 7) is 9.94. The van der Waals surface area contributed by atoms with E-state index in [9.17, 15) is 8.42 Å². The quantitative estimate of drug-likeness (QED) is 0.886. The van der Waals surface area contributed by atoms with Crippen LogP contribution in [0, 0.1) is 0 Å². The number of benzene rings is 1. The predicted molar refractivity (Wildman–Crippen MR) is 77.7 cm³/mol. The van der Waals surface area contributed by atoms with Gasteiger partial charge in [-0.15, -0.1) is 0 Å². The summed E-state index contributed by atoms with van der Waals surface area (Å²) in [7, 11) is -3.23. The van der Waals surface area contributed by atoms with Crippen LogP contribution in [-0.4, -0.2) is 14.2 Å². The molecule has 0 atom stereocenters. The van der Waals surface area contributed by atoms with E-state index < -0.39 is 10.0 Å². The number of hydrogen-bond acceptors (Lipinski definition) is 2. The fraction of sp³-hybridized carbons (Fsp3) is 0.571. The van der Waals surface area contributed by atoms with Crippen LogP contribution in [0.25, 0.3) is 0 Å². The predicted octanol–water partition coefficient (Wildman–Crippen LogP) is 3.70. The molecule has 102 valence electrons. The van der Waals surface area contributed by atoms with Crippen molar-refractivity contribution in [1.29, 1.82) is 0 Å². The van der Waals surface area contributed by atoms with Gasteiger partial charge in [-0.2, -0.15) is 0 Å². The summed E-state index contributed by atoms with van der Waals surface area (Å²) >= 11 is 0. The Hall–Kier alpha value is -1.03. The van der Waals surface area contributed by atoms with Crippen molar-refractivity contribution in [2.24, 2.45) is 0 Å². The molecular formula is C14H23NO2S. The van der Waals surface area contributed by atoms with Gasteiger partial charge in [0.2, 0.25) is 10.0 Å². The molecule has 0 saturated heterocycles. The Bertz CT molecular complexity index is 478. The van der Waals surface area contributed by atoms with Crippen molar-refractivity contribution in [1.82, 2.24) is 0 Å². The van der Waals surface area contributed by atoms with Gasteiger partial charge in [-0.1, -0.05) is 45.9 Å². The van der Waals surface area contributed by atoms with Gasteiger partial charge < -0.3 is 0 Å². The normalized spacial score (nSPS) is 12.2. The molecule has 0 aliphatic rings. The Labute approximate surface area is 111 Å². The van der Waals surface area contributed by atoms with Crippen LogP contribution in [0.2, 0.25) is 0 Å². The van der Waals surface area contributed by atoms with E-state index in [1.807, 2.05) is 18.2 Å². The second kappa shape index (κ2) is 5.74. The van der Waals surface area contributed by atoms with Crippen LogP contribution in [0.15, 0.2) is 18.2 Å².